The zero-order chi connectivity index (χ0) is 20.1. The smallest absolute Gasteiger partial charge is 0.271 e. The van der Waals surface area contributed by atoms with Crippen LogP contribution >= 0.6 is 0 Å². The minimum absolute atomic E-state index is 0.100. The molecule has 0 bridgehead atoms. The Bertz CT molecular complexity index is 831. The van der Waals surface area contributed by atoms with Gasteiger partial charge in [0.05, 0.1) is 18.4 Å². The third-order valence-electron chi connectivity index (χ3n) is 4.88. The Labute approximate surface area is 166 Å². The predicted octanol–water partition coefficient (Wildman–Crippen LogP) is 3.84. The first-order chi connectivity index (χ1) is 13.4. The Morgan fingerprint density at radius 1 is 1.36 bits per heavy atom. The molecule has 0 unspecified atom stereocenters. The van der Waals surface area contributed by atoms with Gasteiger partial charge >= 0.3 is 0 Å². The van der Waals surface area contributed by atoms with Crippen molar-refractivity contribution in [3.63, 3.8) is 0 Å². The lowest BCUT2D eigenvalue weighted by Gasteiger charge is -2.14. The fourth-order valence-corrected chi connectivity index (χ4v) is 3.41. The highest BCUT2D eigenvalue weighted by atomic mass is 16.5. The molecule has 1 saturated heterocycles. The highest BCUT2D eigenvalue weighted by Crippen LogP contribution is 2.19. The van der Waals surface area contributed by atoms with E-state index in [2.05, 4.69) is 35.0 Å². The van der Waals surface area contributed by atoms with E-state index in [1.54, 1.807) is 30.5 Å². The molecule has 1 atom stereocenters. The maximum absolute atomic E-state index is 12.3. The van der Waals surface area contributed by atoms with Crippen LogP contribution in [0.5, 0.6) is 5.75 Å². The van der Waals surface area contributed by atoms with E-state index in [1.807, 2.05) is 13.8 Å². The van der Waals surface area contributed by atoms with Crippen molar-refractivity contribution in [3.8, 4) is 5.75 Å². The summed E-state index contributed by atoms with van der Waals surface area (Å²) in [5.41, 5.74) is 6.42. The number of nitrogens with one attached hydrogen (secondary N) is 1. The molecule has 2 aromatic rings. The van der Waals surface area contributed by atoms with Gasteiger partial charge < -0.3 is 14.0 Å². The molecule has 6 nitrogen and oxygen atoms in total. The number of hydrogen-bond acceptors (Lipinski definition) is 4. The Kier molecular flexibility index (Phi) is 6.52. The third-order valence-corrected chi connectivity index (χ3v) is 4.88. The van der Waals surface area contributed by atoms with Gasteiger partial charge in [-0.25, -0.2) is 5.43 Å². The predicted molar refractivity (Wildman–Crippen MR) is 110 cm³/mol. The molecule has 1 fully saturated rings. The van der Waals surface area contributed by atoms with E-state index in [-0.39, 0.29) is 18.1 Å². The molecule has 1 aliphatic rings. The van der Waals surface area contributed by atoms with Crippen molar-refractivity contribution in [3.05, 3.63) is 52.8 Å². The minimum atomic E-state index is -0.250. The van der Waals surface area contributed by atoms with Gasteiger partial charge in [0.15, 0.2) is 0 Å². The number of nitrogens with zero attached hydrogens (tertiary/aromatic N) is 2. The number of ether oxygens (including phenoxy) is 2. The first-order valence-electron chi connectivity index (χ1n) is 9.82. The summed E-state index contributed by atoms with van der Waals surface area (Å²) in [5.74, 6) is 0.495. The van der Waals surface area contributed by atoms with E-state index in [1.165, 1.54) is 5.69 Å². The average Bonchev–Trinajstić information content (AvgIpc) is 3.26. The molecular weight excluding hydrogens is 354 g/mol. The Balaban J connectivity index is 1.60. The lowest BCUT2D eigenvalue weighted by molar-refractivity contribution is 0.0954. The van der Waals surface area contributed by atoms with Crippen molar-refractivity contribution in [2.24, 2.45) is 5.10 Å². The van der Waals surface area contributed by atoms with Crippen molar-refractivity contribution < 1.29 is 14.3 Å². The van der Waals surface area contributed by atoms with Crippen LogP contribution in [0.1, 0.15) is 54.0 Å². The van der Waals surface area contributed by atoms with Crippen LogP contribution in [0.3, 0.4) is 0 Å². The van der Waals surface area contributed by atoms with Gasteiger partial charge in [0.2, 0.25) is 0 Å². The number of aryl methyl sites for hydroxylation is 1. The highest BCUT2D eigenvalue weighted by molar-refractivity contribution is 5.95. The van der Waals surface area contributed by atoms with E-state index in [4.69, 9.17) is 9.47 Å². The standard InChI is InChI=1S/C22H29N3O3/c1-15(2)28-20-9-7-18(8-10-20)22(26)24-23-13-19-12-16(3)25(17(19)4)14-21-6-5-11-27-21/h7-10,12-13,15,21H,5-6,11,14H2,1-4H3,(H,24,26)/b23-13-/t21-/m0/s1. The van der Waals surface area contributed by atoms with Gasteiger partial charge in [0.1, 0.15) is 5.75 Å². The van der Waals surface area contributed by atoms with Gasteiger partial charge in [0.25, 0.3) is 5.91 Å². The number of aromatic nitrogens is 1. The van der Waals surface area contributed by atoms with Crippen molar-refractivity contribution in [2.45, 2.75) is 59.3 Å². The number of hydrazone groups is 1. The number of carbonyl (C=O) groups excluding carboxylic acids is 1. The molecule has 150 valence electrons. The molecule has 2 heterocycles. The SMILES string of the molecule is Cc1cc(/C=N\NC(=O)c2ccc(OC(C)C)cc2)c(C)n1C[C@@H]1CCCO1. The van der Waals surface area contributed by atoms with Crippen LogP contribution < -0.4 is 10.2 Å². The summed E-state index contributed by atoms with van der Waals surface area (Å²) in [7, 11) is 0. The summed E-state index contributed by atoms with van der Waals surface area (Å²) in [6, 6.07) is 9.12. The number of benzene rings is 1. The zero-order valence-electron chi connectivity index (χ0n) is 17.1. The van der Waals surface area contributed by atoms with Gasteiger partial charge in [-0.3, -0.25) is 4.79 Å². The van der Waals surface area contributed by atoms with Crippen LogP contribution in [-0.2, 0) is 11.3 Å². The van der Waals surface area contributed by atoms with Gasteiger partial charge in [-0.05, 0) is 70.9 Å². The molecule has 1 N–H and O–H groups in total. The molecular formula is C22H29N3O3. The van der Waals surface area contributed by atoms with E-state index in [0.29, 0.717) is 5.56 Å². The van der Waals surface area contributed by atoms with E-state index >= 15 is 0 Å². The van der Waals surface area contributed by atoms with Crippen LogP contribution in [0.4, 0.5) is 0 Å². The molecule has 1 amide bonds. The monoisotopic (exact) mass is 383 g/mol. The summed E-state index contributed by atoms with van der Waals surface area (Å²) in [6.07, 6.45) is 4.33. The number of rotatable bonds is 7. The molecule has 1 aliphatic heterocycles. The molecule has 1 aromatic carbocycles. The maximum atomic E-state index is 12.3. The quantitative estimate of drug-likeness (QED) is 0.584. The van der Waals surface area contributed by atoms with E-state index < -0.39 is 0 Å². The number of hydrogen-bond donors (Lipinski definition) is 1. The number of amides is 1. The average molecular weight is 383 g/mol. The third kappa shape index (κ3) is 5.01. The topological polar surface area (TPSA) is 64.8 Å². The fourth-order valence-electron chi connectivity index (χ4n) is 3.41. The second-order valence-corrected chi connectivity index (χ2v) is 7.46. The zero-order valence-corrected chi connectivity index (χ0v) is 17.1. The summed E-state index contributed by atoms with van der Waals surface area (Å²) < 4.78 is 13.6. The summed E-state index contributed by atoms with van der Waals surface area (Å²) in [6.45, 7) is 9.80. The van der Waals surface area contributed by atoms with Gasteiger partial charge in [0, 0.05) is 35.7 Å². The van der Waals surface area contributed by atoms with Crippen LogP contribution in [0, 0.1) is 13.8 Å². The Hall–Kier alpha value is -2.60. The summed E-state index contributed by atoms with van der Waals surface area (Å²) >= 11 is 0. The largest absolute Gasteiger partial charge is 0.491 e. The molecule has 0 saturated carbocycles. The van der Waals surface area contributed by atoms with Crippen molar-refractivity contribution in [2.75, 3.05) is 6.61 Å². The van der Waals surface area contributed by atoms with Crippen LogP contribution in [-0.4, -0.2) is 35.5 Å². The molecule has 0 aliphatic carbocycles. The molecule has 3 rings (SSSR count). The highest BCUT2D eigenvalue weighted by Gasteiger charge is 2.18. The molecule has 6 heteroatoms. The molecule has 1 aromatic heterocycles. The maximum Gasteiger partial charge on any atom is 0.271 e. The Morgan fingerprint density at radius 2 is 2.11 bits per heavy atom. The molecule has 28 heavy (non-hydrogen) atoms. The van der Waals surface area contributed by atoms with Gasteiger partial charge in [-0.2, -0.15) is 5.10 Å². The fraction of sp³-hybridized carbons (Fsp3) is 0.455. The first-order valence-corrected chi connectivity index (χ1v) is 9.82. The van der Waals surface area contributed by atoms with Crippen LogP contribution in [0.25, 0.3) is 0 Å². The minimum Gasteiger partial charge on any atom is -0.491 e. The second kappa shape index (κ2) is 9.06. The first kappa shape index (κ1) is 20.1. The summed E-state index contributed by atoms with van der Waals surface area (Å²) in [4.78, 5) is 12.3. The van der Waals surface area contributed by atoms with Crippen molar-refractivity contribution in [1.29, 1.82) is 0 Å². The second-order valence-electron chi connectivity index (χ2n) is 7.46. The molecule has 0 spiro atoms. The number of carbonyl (C=O) groups is 1. The van der Waals surface area contributed by atoms with Crippen molar-refractivity contribution >= 4 is 12.1 Å². The van der Waals surface area contributed by atoms with Crippen molar-refractivity contribution in [1.82, 2.24) is 9.99 Å². The van der Waals surface area contributed by atoms with Gasteiger partial charge in [-0.1, -0.05) is 0 Å². The Morgan fingerprint density at radius 3 is 2.75 bits per heavy atom. The van der Waals surface area contributed by atoms with E-state index in [0.717, 1.165) is 43.0 Å². The van der Waals surface area contributed by atoms with Gasteiger partial charge in [-0.15, -0.1) is 0 Å². The van der Waals surface area contributed by atoms with Crippen LogP contribution in [0.2, 0.25) is 0 Å². The normalized spacial score (nSPS) is 16.8. The molecule has 0 radical (unpaired) electrons. The summed E-state index contributed by atoms with van der Waals surface area (Å²) in [5, 5.41) is 4.14. The van der Waals surface area contributed by atoms with E-state index in [9.17, 15) is 4.79 Å². The lowest BCUT2D eigenvalue weighted by Crippen LogP contribution is -2.18. The van der Waals surface area contributed by atoms with Crippen LogP contribution in [0.15, 0.2) is 35.4 Å². The lowest BCUT2D eigenvalue weighted by atomic mass is 10.2.